The predicted octanol–water partition coefficient (Wildman–Crippen LogP) is 0.114. The maximum absolute atomic E-state index is 11.9. The Balaban J connectivity index is 2.35. The topological polar surface area (TPSA) is 76.1 Å². The fourth-order valence-electron chi connectivity index (χ4n) is 1.80. The van der Waals surface area contributed by atoms with Crippen LogP contribution in [0.2, 0.25) is 0 Å². The molecule has 1 saturated heterocycles. The molecule has 2 atom stereocenters. The van der Waals surface area contributed by atoms with Gasteiger partial charge in [0, 0.05) is 27.3 Å². The molecule has 98 valence electrons. The van der Waals surface area contributed by atoms with Crippen molar-refractivity contribution in [3.63, 3.8) is 0 Å². The van der Waals surface area contributed by atoms with Gasteiger partial charge in [-0.05, 0) is 19.3 Å². The Bertz CT molecular complexity index is 281. The first kappa shape index (κ1) is 13.9. The summed E-state index contributed by atoms with van der Waals surface area (Å²) in [6.45, 7) is 1.19. The molecule has 1 aliphatic rings. The standard InChI is InChI=1S/C11H19NO5/c1-12(6-3-7-16-2)10(13)8-4-5-9(17-8)11(14)15/h8-9H,3-7H2,1-2H3,(H,14,15)/t8-,9+/m0/s1. The second-order valence-corrected chi connectivity index (χ2v) is 4.14. The summed E-state index contributed by atoms with van der Waals surface area (Å²) >= 11 is 0. The Morgan fingerprint density at radius 3 is 2.59 bits per heavy atom. The van der Waals surface area contributed by atoms with Gasteiger partial charge in [0.2, 0.25) is 0 Å². The lowest BCUT2D eigenvalue weighted by atomic mass is 10.2. The summed E-state index contributed by atoms with van der Waals surface area (Å²) in [5.41, 5.74) is 0. The van der Waals surface area contributed by atoms with Gasteiger partial charge in [-0.3, -0.25) is 4.79 Å². The molecule has 0 spiro atoms. The van der Waals surface area contributed by atoms with E-state index < -0.39 is 18.2 Å². The van der Waals surface area contributed by atoms with E-state index in [1.807, 2.05) is 0 Å². The van der Waals surface area contributed by atoms with Crippen LogP contribution in [0.3, 0.4) is 0 Å². The number of hydrogen-bond donors (Lipinski definition) is 1. The minimum Gasteiger partial charge on any atom is -0.479 e. The molecule has 17 heavy (non-hydrogen) atoms. The molecule has 0 saturated carbocycles. The number of carboxylic acid groups (broad SMARTS) is 1. The average Bonchev–Trinajstić information content (AvgIpc) is 2.77. The second-order valence-electron chi connectivity index (χ2n) is 4.14. The van der Waals surface area contributed by atoms with E-state index in [0.717, 1.165) is 6.42 Å². The molecule has 0 aromatic rings. The number of nitrogens with zero attached hydrogens (tertiary/aromatic N) is 1. The number of hydrogen-bond acceptors (Lipinski definition) is 4. The molecule has 6 heteroatoms. The second kappa shape index (κ2) is 6.56. The summed E-state index contributed by atoms with van der Waals surface area (Å²) < 4.78 is 10.1. The zero-order valence-electron chi connectivity index (χ0n) is 10.2. The molecule has 1 amide bonds. The van der Waals surface area contributed by atoms with Crippen molar-refractivity contribution >= 4 is 11.9 Å². The number of amides is 1. The van der Waals surface area contributed by atoms with Crippen molar-refractivity contribution in [1.29, 1.82) is 0 Å². The largest absolute Gasteiger partial charge is 0.479 e. The van der Waals surface area contributed by atoms with Crippen molar-refractivity contribution in [3.05, 3.63) is 0 Å². The van der Waals surface area contributed by atoms with Gasteiger partial charge in [-0.1, -0.05) is 0 Å². The highest BCUT2D eigenvalue weighted by Crippen LogP contribution is 2.21. The normalized spacial score (nSPS) is 23.6. The summed E-state index contributed by atoms with van der Waals surface area (Å²) in [7, 11) is 3.30. The molecule has 0 radical (unpaired) electrons. The highest BCUT2D eigenvalue weighted by atomic mass is 16.5. The summed E-state index contributed by atoms with van der Waals surface area (Å²) in [4.78, 5) is 24.1. The van der Waals surface area contributed by atoms with Crippen molar-refractivity contribution in [2.24, 2.45) is 0 Å². The van der Waals surface area contributed by atoms with Crippen LogP contribution >= 0.6 is 0 Å². The molecule has 0 aromatic carbocycles. The third kappa shape index (κ3) is 3.98. The fraction of sp³-hybridized carbons (Fsp3) is 0.818. The molecular formula is C11H19NO5. The van der Waals surface area contributed by atoms with E-state index in [9.17, 15) is 9.59 Å². The first-order valence-corrected chi connectivity index (χ1v) is 5.68. The lowest BCUT2D eigenvalue weighted by Gasteiger charge is -2.20. The van der Waals surface area contributed by atoms with E-state index >= 15 is 0 Å². The number of carbonyl (C=O) groups is 2. The molecule has 1 fully saturated rings. The van der Waals surface area contributed by atoms with Crippen LogP contribution in [0.4, 0.5) is 0 Å². The Morgan fingerprint density at radius 1 is 1.41 bits per heavy atom. The number of carbonyl (C=O) groups excluding carboxylic acids is 1. The lowest BCUT2D eigenvalue weighted by molar-refractivity contribution is -0.154. The van der Waals surface area contributed by atoms with Crippen LogP contribution < -0.4 is 0 Å². The van der Waals surface area contributed by atoms with Crippen LogP contribution in [0.1, 0.15) is 19.3 Å². The quantitative estimate of drug-likeness (QED) is 0.672. The highest BCUT2D eigenvalue weighted by Gasteiger charge is 2.35. The maximum atomic E-state index is 11.9. The number of carboxylic acids is 1. The van der Waals surface area contributed by atoms with Crippen LogP contribution in [0.25, 0.3) is 0 Å². The smallest absolute Gasteiger partial charge is 0.332 e. The molecule has 1 aliphatic heterocycles. The van der Waals surface area contributed by atoms with Crippen molar-refractivity contribution in [2.75, 3.05) is 27.3 Å². The van der Waals surface area contributed by atoms with Gasteiger partial charge in [0.05, 0.1) is 0 Å². The van der Waals surface area contributed by atoms with Crippen LogP contribution in [-0.4, -0.2) is 61.4 Å². The number of rotatable bonds is 6. The van der Waals surface area contributed by atoms with Gasteiger partial charge in [0.1, 0.15) is 6.10 Å². The first-order chi connectivity index (χ1) is 8.06. The Kier molecular flexibility index (Phi) is 5.37. The molecule has 1 rings (SSSR count). The van der Waals surface area contributed by atoms with Gasteiger partial charge in [0.15, 0.2) is 6.10 Å². The molecule has 1 heterocycles. The molecule has 1 N–H and O–H groups in total. The van der Waals surface area contributed by atoms with E-state index in [4.69, 9.17) is 14.6 Å². The van der Waals surface area contributed by atoms with Gasteiger partial charge in [-0.2, -0.15) is 0 Å². The number of aliphatic carboxylic acids is 1. The SMILES string of the molecule is COCCCN(C)C(=O)[C@@H]1CC[C@H](C(=O)O)O1. The van der Waals surface area contributed by atoms with E-state index in [1.165, 1.54) is 0 Å². The predicted molar refractivity (Wildman–Crippen MR) is 59.7 cm³/mol. The van der Waals surface area contributed by atoms with Gasteiger partial charge in [-0.15, -0.1) is 0 Å². The Labute approximate surface area is 100 Å². The maximum Gasteiger partial charge on any atom is 0.332 e. The van der Waals surface area contributed by atoms with Crippen LogP contribution in [-0.2, 0) is 19.1 Å². The van der Waals surface area contributed by atoms with Crippen molar-refractivity contribution in [1.82, 2.24) is 4.90 Å². The van der Waals surface area contributed by atoms with Gasteiger partial charge >= 0.3 is 5.97 Å². The van der Waals surface area contributed by atoms with Crippen molar-refractivity contribution < 1.29 is 24.2 Å². The number of ether oxygens (including phenoxy) is 2. The van der Waals surface area contributed by atoms with Crippen molar-refractivity contribution in [3.8, 4) is 0 Å². The Morgan fingerprint density at radius 2 is 2.06 bits per heavy atom. The average molecular weight is 245 g/mol. The van der Waals surface area contributed by atoms with E-state index in [0.29, 0.717) is 26.0 Å². The molecule has 0 unspecified atom stereocenters. The first-order valence-electron chi connectivity index (χ1n) is 5.68. The van der Waals surface area contributed by atoms with Gasteiger partial charge < -0.3 is 19.5 Å². The van der Waals surface area contributed by atoms with Crippen LogP contribution in [0, 0.1) is 0 Å². The fourth-order valence-corrected chi connectivity index (χ4v) is 1.80. The van der Waals surface area contributed by atoms with Crippen molar-refractivity contribution in [2.45, 2.75) is 31.5 Å². The summed E-state index contributed by atoms with van der Waals surface area (Å²) in [5.74, 6) is -1.15. The summed E-state index contributed by atoms with van der Waals surface area (Å²) in [6, 6.07) is 0. The van der Waals surface area contributed by atoms with Gasteiger partial charge in [0.25, 0.3) is 5.91 Å². The number of likely N-dealkylation sites (N-methyl/N-ethyl adjacent to an activating group) is 1. The molecule has 0 aromatic heterocycles. The van der Waals surface area contributed by atoms with Crippen LogP contribution in [0.15, 0.2) is 0 Å². The molecule has 0 aliphatic carbocycles. The Hall–Kier alpha value is -1.14. The monoisotopic (exact) mass is 245 g/mol. The van der Waals surface area contributed by atoms with E-state index in [1.54, 1.807) is 19.1 Å². The van der Waals surface area contributed by atoms with E-state index in [2.05, 4.69) is 0 Å². The van der Waals surface area contributed by atoms with Gasteiger partial charge in [-0.25, -0.2) is 4.79 Å². The van der Waals surface area contributed by atoms with E-state index in [-0.39, 0.29) is 5.91 Å². The third-order valence-electron chi connectivity index (χ3n) is 2.79. The number of methoxy groups -OCH3 is 1. The molecule has 0 bridgehead atoms. The summed E-state index contributed by atoms with van der Waals surface area (Å²) in [5, 5.41) is 8.76. The summed E-state index contributed by atoms with van der Waals surface area (Å²) in [6.07, 6.45) is 0.190. The minimum atomic E-state index is -0.998. The minimum absolute atomic E-state index is 0.148. The zero-order chi connectivity index (χ0) is 12.8. The molecule has 6 nitrogen and oxygen atoms in total. The zero-order valence-corrected chi connectivity index (χ0v) is 10.2. The lowest BCUT2D eigenvalue weighted by Crippen LogP contribution is -2.38. The van der Waals surface area contributed by atoms with Crippen LogP contribution in [0.5, 0.6) is 0 Å². The molecular weight excluding hydrogens is 226 g/mol. The highest BCUT2D eigenvalue weighted by molar-refractivity contribution is 5.82. The third-order valence-corrected chi connectivity index (χ3v) is 2.79.